The minimum atomic E-state index is -1.43. The van der Waals surface area contributed by atoms with Crippen LogP contribution in [0.25, 0.3) is 0 Å². The number of aliphatic carboxylic acids is 1. The minimum Gasteiger partial charge on any atom is -0.783 e. The van der Waals surface area contributed by atoms with Crippen molar-refractivity contribution in [2.45, 2.75) is 31.5 Å². The summed E-state index contributed by atoms with van der Waals surface area (Å²) in [6, 6.07) is 0. The summed E-state index contributed by atoms with van der Waals surface area (Å²) in [6.07, 6.45) is -0.727. The Hall–Kier alpha value is -0.650. The van der Waals surface area contributed by atoms with E-state index in [-0.39, 0.29) is 17.9 Å². The van der Waals surface area contributed by atoms with Gasteiger partial charge in [0, 0.05) is 0 Å². The SMILES string of the molecule is CC1(C(=O)O)CCC(O)[15N]1[O-]. The first-order chi connectivity index (χ1) is 4.98. The maximum absolute atomic E-state index is 11.0. The van der Waals surface area contributed by atoms with Gasteiger partial charge in [-0.05, 0) is 19.8 Å². The smallest absolute Gasteiger partial charge is 0.322 e. The monoisotopic (exact) mass is 161 g/mol. The molecule has 2 N–H and O–H groups in total. The van der Waals surface area contributed by atoms with Crippen LogP contribution >= 0.6 is 0 Å². The number of carbonyl (C=O) groups is 1. The van der Waals surface area contributed by atoms with Gasteiger partial charge in [0.1, 0.15) is 5.54 Å². The standard InChI is InChI=1S/C6H10NO4/c1-6(5(9)10)3-2-4(8)7(6)11/h4,8H,2-3H2,1H3,(H,9,10)/q-1/i7+1. The van der Waals surface area contributed by atoms with Crippen molar-refractivity contribution in [3.63, 3.8) is 0 Å². The first-order valence-corrected chi connectivity index (χ1v) is 3.36. The fraction of sp³-hybridized carbons (Fsp3) is 0.833. The summed E-state index contributed by atoms with van der Waals surface area (Å²) >= 11 is 0. The Balaban J connectivity index is 2.81. The molecule has 2 unspecified atom stereocenters. The van der Waals surface area contributed by atoms with E-state index >= 15 is 0 Å². The lowest BCUT2D eigenvalue weighted by atomic mass is 10.0. The minimum absolute atomic E-state index is 0.201. The zero-order valence-electron chi connectivity index (χ0n) is 6.15. The number of aliphatic hydroxyl groups excluding tert-OH is 1. The van der Waals surface area contributed by atoms with Gasteiger partial charge in [-0.3, -0.25) is 4.79 Å². The average molecular weight is 161 g/mol. The van der Waals surface area contributed by atoms with E-state index in [0.717, 1.165) is 0 Å². The molecule has 0 saturated carbocycles. The van der Waals surface area contributed by atoms with Gasteiger partial charge < -0.3 is 20.5 Å². The van der Waals surface area contributed by atoms with Crippen LogP contribution in [0, 0.1) is 5.21 Å². The van der Waals surface area contributed by atoms with E-state index in [9.17, 15) is 10.0 Å². The highest BCUT2D eigenvalue weighted by atomic mass is 16.8. The van der Waals surface area contributed by atoms with Crippen molar-refractivity contribution in [3.05, 3.63) is 5.21 Å². The third kappa shape index (κ3) is 1.11. The van der Waals surface area contributed by atoms with Gasteiger partial charge in [-0.2, -0.15) is 0 Å². The second kappa shape index (κ2) is 2.44. The molecule has 1 aliphatic heterocycles. The molecule has 0 radical (unpaired) electrons. The summed E-state index contributed by atoms with van der Waals surface area (Å²) in [6.45, 7) is 1.32. The molecule has 5 nitrogen and oxygen atoms in total. The molecule has 1 heterocycles. The van der Waals surface area contributed by atoms with Crippen LogP contribution in [0.3, 0.4) is 0 Å². The van der Waals surface area contributed by atoms with E-state index in [1.807, 2.05) is 0 Å². The van der Waals surface area contributed by atoms with Gasteiger partial charge in [0.2, 0.25) is 0 Å². The van der Waals surface area contributed by atoms with Gasteiger partial charge in [0.15, 0.2) is 0 Å². The van der Waals surface area contributed by atoms with E-state index in [0.29, 0.717) is 0 Å². The molecule has 64 valence electrons. The van der Waals surface area contributed by atoms with Crippen LogP contribution in [0.5, 0.6) is 0 Å². The molecule has 1 rings (SSSR count). The highest BCUT2D eigenvalue weighted by Gasteiger charge is 2.42. The molecule has 0 amide bonds. The Morgan fingerprint density at radius 3 is 2.55 bits per heavy atom. The number of hydrogen-bond acceptors (Lipinski definition) is 4. The molecule has 0 spiro atoms. The molecule has 0 aromatic rings. The molecule has 0 aromatic carbocycles. The molecule has 11 heavy (non-hydrogen) atoms. The predicted molar refractivity (Wildman–Crippen MR) is 36.5 cm³/mol. The molecule has 0 aliphatic carbocycles. The van der Waals surface area contributed by atoms with Gasteiger partial charge in [-0.25, -0.2) is 0 Å². The lowest BCUT2D eigenvalue weighted by molar-refractivity contribution is -0.149. The Morgan fingerprint density at radius 2 is 2.36 bits per heavy atom. The van der Waals surface area contributed by atoms with Gasteiger partial charge in [-0.1, -0.05) is 0 Å². The van der Waals surface area contributed by atoms with E-state index in [1.54, 1.807) is 0 Å². The Morgan fingerprint density at radius 1 is 1.82 bits per heavy atom. The van der Waals surface area contributed by atoms with Crippen LogP contribution < -0.4 is 0 Å². The van der Waals surface area contributed by atoms with Crippen LogP contribution in [-0.4, -0.2) is 33.0 Å². The predicted octanol–water partition coefficient (Wildman–Crippen LogP) is -0.258. The molecule has 0 aromatic heterocycles. The van der Waals surface area contributed by atoms with E-state index in [4.69, 9.17) is 10.2 Å². The van der Waals surface area contributed by atoms with Crippen molar-refractivity contribution in [2.24, 2.45) is 0 Å². The highest BCUT2D eigenvalue weighted by Crippen LogP contribution is 2.31. The lowest BCUT2D eigenvalue weighted by Crippen LogP contribution is -2.47. The van der Waals surface area contributed by atoms with Crippen molar-refractivity contribution in [1.29, 1.82) is 0 Å². The molecule has 1 aliphatic rings. The van der Waals surface area contributed by atoms with E-state index < -0.39 is 17.7 Å². The van der Waals surface area contributed by atoms with E-state index in [2.05, 4.69) is 0 Å². The van der Waals surface area contributed by atoms with Crippen molar-refractivity contribution < 1.29 is 15.0 Å². The third-order valence-corrected chi connectivity index (χ3v) is 2.11. The van der Waals surface area contributed by atoms with Crippen molar-refractivity contribution in [3.8, 4) is 0 Å². The van der Waals surface area contributed by atoms with Crippen LogP contribution in [-0.2, 0) is 4.79 Å². The largest absolute Gasteiger partial charge is 0.783 e. The second-order valence-electron chi connectivity index (χ2n) is 2.92. The highest BCUT2D eigenvalue weighted by molar-refractivity contribution is 5.78. The summed E-state index contributed by atoms with van der Waals surface area (Å²) in [5.74, 6) is -1.18. The molecule has 0 bridgehead atoms. The Bertz CT molecular complexity index is 183. The van der Waals surface area contributed by atoms with Crippen molar-refractivity contribution in [1.82, 2.24) is 5.06 Å². The van der Waals surface area contributed by atoms with Crippen LogP contribution in [0.4, 0.5) is 0 Å². The molecule has 1 saturated heterocycles. The second-order valence-corrected chi connectivity index (χ2v) is 2.92. The van der Waals surface area contributed by atoms with Crippen molar-refractivity contribution in [2.75, 3.05) is 0 Å². The average Bonchev–Trinajstić information content (AvgIpc) is 2.18. The maximum atomic E-state index is 11.0. The summed E-state index contributed by atoms with van der Waals surface area (Å²) in [7, 11) is 0. The third-order valence-electron chi connectivity index (χ3n) is 2.11. The number of nitrogens with zero attached hydrogens (tertiary/aromatic N) is 1. The number of hydroxylamine groups is 2. The Kier molecular flexibility index (Phi) is 1.87. The normalized spacial score (nSPS) is 39.4. The number of hydrogen-bond donors (Lipinski definition) is 2. The van der Waals surface area contributed by atoms with Crippen LogP contribution in [0.1, 0.15) is 19.8 Å². The number of rotatable bonds is 1. The molecule has 2 atom stereocenters. The van der Waals surface area contributed by atoms with E-state index in [1.165, 1.54) is 6.92 Å². The summed E-state index contributed by atoms with van der Waals surface area (Å²) < 4.78 is 0. The first kappa shape index (κ1) is 8.45. The van der Waals surface area contributed by atoms with Crippen LogP contribution in [0.15, 0.2) is 0 Å². The number of carboxylic acid groups (broad SMARTS) is 1. The lowest BCUT2D eigenvalue weighted by Gasteiger charge is -2.38. The topological polar surface area (TPSA) is 83.8 Å². The Labute approximate surface area is 63.8 Å². The first-order valence-electron chi connectivity index (χ1n) is 3.36. The zero-order chi connectivity index (χ0) is 8.65. The fourth-order valence-corrected chi connectivity index (χ4v) is 1.17. The summed E-state index contributed by atoms with van der Waals surface area (Å²) in [5.41, 5.74) is -1.43. The van der Waals surface area contributed by atoms with Crippen molar-refractivity contribution >= 4 is 5.97 Å². The number of aliphatic hydroxyl groups is 1. The molecule has 1 fully saturated rings. The van der Waals surface area contributed by atoms with Gasteiger partial charge in [-0.15, -0.1) is 0 Å². The fourth-order valence-electron chi connectivity index (χ4n) is 1.17. The maximum Gasteiger partial charge on any atom is 0.322 e. The van der Waals surface area contributed by atoms with Gasteiger partial charge in [0.25, 0.3) is 0 Å². The molecular weight excluding hydrogens is 151 g/mol. The van der Waals surface area contributed by atoms with Crippen LogP contribution in [0.2, 0.25) is 0 Å². The summed E-state index contributed by atoms with van der Waals surface area (Å²) in [5, 5.41) is 28.7. The summed E-state index contributed by atoms with van der Waals surface area (Å²) in [4.78, 5) is 10.5. The van der Waals surface area contributed by atoms with Gasteiger partial charge >= 0.3 is 5.97 Å². The molecule has 5 heteroatoms. The molecular formula is C6H10NO4-. The quantitative estimate of drug-likeness (QED) is 0.517. The number of carboxylic acids is 1. The zero-order valence-corrected chi connectivity index (χ0v) is 6.15. The van der Waals surface area contributed by atoms with Gasteiger partial charge in [0.05, 0.1) is 6.23 Å².